The van der Waals surface area contributed by atoms with E-state index in [-0.39, 0.29) is 17.2 Å². The van der Waals surface area contributed by atoms with Gasteiger partial charge in [0, 0.05) is 22.9 Å². The lowest BCUT2D eigenvalue weighted by molar-refractivity contribution is -0.132. The van der Waals surface area contributed by atoms with Crippen LogP contribution in [0.2, 0.25) is 0 Å². The molecule has 0 aliphatic heterocycles. The molecule has 4 rings (SSSR count). The van der Waals surface area contributed by atoms with E-state index in [0.717, 1.165) is 30.2 Å². The van der Waals surface area contributed by atoms with E-state index in [9.17, 15) is 9.59 Å². The highest BCUT2D eigenvalue weighted by Gasteiger charge is 2.23. The monoisotopic (exact) mass is 527 g/mol. The van der Waals surface area contributed by atoms with E-state index < -0.39 is 5.97 Å². The van der Waals surface area contributed by atoms with Crippen LogP contribution in [0.15, 0.2) is 44.7 Å². The van der Waals surface area contributed by atoms with Gasteiger partial charge in [0.15, 0.2) is 11.5 Å². The van der Waals surface area contributed by atoms with Gasteiger partial charge in [0.25, 0.3) is 5.56 Å². The smallest absolute Gasteiger partial charge is 0.308 e. The number of methoxy groups -OCH3 is 2. The van der Waals surface area contributed by atoms with Gasteiger partial charge >= 0.3 is 5.97 Å². The number of hydrogen-bond donors (Lipinski definition) is 0. The molecule has 34 heavy (non-hydrogen) atoms. The predicted octanol–water partition coefficient (Wildman–Crippen LogP) is 5.03. The molecule has 1 heterocycles. The fourth-order valence-corrected chi connectivity index (χ4v) is 4.61. The maximum Gasteiger partial charge on any atom is 0.308 e. The Balaban J connectivity index is 1.83. The quantitative estimate of drug-likeness (QED) is 0.253. The molecule has 1 fully saturated rings. The molecule has 1 aromatic heterocycles. The number of carbonyl (C=O) groups excluding carboxylic acids is 1. The number of nitrogens with zero attached hydrogens (tertiary/aromatic N) is 3. The highest BCUT2D eigenvalue weighted by molar-refractivity contribution is 9.10. The number of benzene rings is 2. The first-order valence-corrected chi connectivity index (χ1v) is 11.9. The Morgan fingerprint density at radius 3 is 2.41 bits per heavy atom. The zero-order chi connectivity index (χ0) is 24.2. The van der Waals surface area contributed by atoms with Crippen LogP contribution in [0, 0.1) is 0 Å². The van der Waals surface area contributed by atoms with Crippen molar-refractivity contribution in [1.82, 2.24) is 9.66 Å². The lowest BCUT2D eigenvalue weighted by Crippen LogP contribution is -2.25. The Morgan fingerprint density at radius 2 is 1.79 bits per heavy atom. The van der Waals surface area contributed by atoms with Gasteiger partial charge in [-0.3, -0.25) is 9.59 Å². The van der Waals surface area contributed by atoms with Gasteiger partial charge in [-0.25, -0.2) is 4.98 Å². The number of carbonyl (C=O) groups is 1. The number of hydrogen-bond acceptors (Lipinski definition) is 7. The first-order valence-electron chi connectivity index (χ1n) is 11.1. The Kier molecular flexibility index (Phi) is 7.31. The van der Waals surface area contributed by atoms with Gasteiger partial charge < -0.3 is 14.2 Å². The molecule has 1 saturated carbocycles. The second-order valence-corrected chi connectivity index (χ2v) is 9.09. The summed E-state index contributed by atoms with van der Waals surface area (Å²) in [5.41, 5.74) is 1.05. The second kappa shape index (κ2) is 10.4. The van der Waals surface area contributed by atoms with Gasteiger partial charge in [-0.15, -0.1) is 0 Å². The first-order chi connectivity index (χ1) is 16.4. The lowest BCUT2D eigenvalue weighted by Gasteiger charge is -2.22. The molecule has 0 bridgehead atoms. The van der Waals surface area contributed by atoms with E-state index >= 15 is 0 Å². The molecule has 0 saturated heterocycles. The summed E-state index contributed by atoms with van der Waals surface area (Å²) >= 11 is 3.44. The van der Waals surface area contributed by atoms with Gasteiger partial charge in [-0.1, -0.05) is 35.2 Å². The van der Waals surface area contributed by atoms with Crippen molar-refractivity contribution in [2.45, 2.75) is 44.9 Å². The summed E-state index contributed by atoms with van der Waals surface area (Å²) in [6, 6.07) is 8.84. The van der Waals surface area contributed by atoms with E-state index in [1.54, 1.807) is 24.4 Å². The highest BCUT2D eigenvalue weighted by Crippen LogP contribution is 2.38. The zero-order valence-electron chi connectivity index (χ0n) is 19.3. The Bertz CT molecular complexity index is 1290. The van der Waals surface area contributed by atoms with Crippen LogP contribution in [0.4, 0.5) is 0 Å². The van der Waals surface area contributed by atoms with E-state index in [0.29, 0.717) is 33.8 Å². The molecule has 1 aliphatic rings. The third-order valence-electron chi connectivity index (χ3n) is 5.85. The number of esters is 1. The predicted molar refractivity (Wildman–Crippen MR) is 133 cm³/mol. The summed E-state index contributed by atoms with van der Waals surface area (Å²) in [5, 5.41) is 5.05. The van der Waals surface area contributed by atoms with E-state index in [2.05, 4.69) is 21.0 Å². The van der Waals surface area contributed by atoms with Crippen molar-refractivity contribution in [3.05, 3.63) is 56.5 Å². The minimum Gasteiger partial charge on any atom is -0.493 e. The number of halogens is 1. The zero-order valence-corrected chi connectivity index (χ0v) is 20.9. The Hall–Kier alpha value is -3.20. The average molecular weight is 528 g/mol. The van der Waals surface area contributed by atoms with Crippen molar-refractivity contribution in [2.24, 2.45) is 5.10 Å². The van der Waals surface area contributed by atoms with E-state index in [4.69, 9.17) is 19.2 Å². The molecule has 0 unspecified atom stereocenters. The molecule has 0 radical (unpaired) electrons. The molecule has 8 nitrogen and oxygen atoms in total. The third kappa shape index (κ3) is 4.99. The summed E-state index contributed by atoms with van der Waals surface area (Å²) in [7, 11) is 2.94. The van der Waals surface area contributed by atoms with Crippen LogP contribution in [-0.2, 0) is 4.79 Å². The summed E-state index contributed by atoms with van der Waals surface area (Å²) in [5.74, 6) is 1.17. The molecule has 0 spiro atoms. The molecule has 0 amide bonds. The molecular weight excluding hydrogens is 502 g/mol. The largest absolute Gasteiger partial charge is 0.493 e. The van der Waals surface area contributed by atoms with Crippen LogP contribution < -0.4 is 19.8 Å². The van der Waals surface area contributed by atoms with Gasteiger partial charge in [0.2, 0.25) is 5.75 Å². The lowest BCUT2D eigenvalue weighted by atomic mass is 9.88. The minimum atomic E-state index is -0.491. The molecule has 9 heteroatoms. The first kappa shape index (κ1) is 23.9. The van der Waals surface area contributed by atoms with Crippen LogP contribution >= 0.6 is 15.9 Å². The van der Waals surface area contributed by atoms with Gasteiger partial charge in [0.1, 0.15) is 5.82 Å². The summed E-state index contributed by atoms with van der Waals surface area (Å²) < 4.78 is 18.2. The maximum atomic E-state index is 13.5. The number of rotatable bonds is 6. The van der Waals surface area contributed by atoms with Crippen LogP contribution in [0.1, 0.15) is 56.3 Å². The van der Waals surface area contributed by atoms with Crippen molar-refractivity contribution < 1.29 is 19.0 Å². The van der Waals surface area contributed by atoms with Crippen LogP contribution in [-0.4, -0.2) is 36.1 Å². The highest BCUT2D eigenvalue weighted by atomic mass is 79.9. The number of fused-ring (bicyclic) bond motifs is 1. The van der Waals surface area contributed by atoms with Gasteiger partial charge in [0.05, 0.1) is 31.3 Å². The fourth-order valence-electron chi connectivity index (χ4n) is 4.25. The Morgan fingerprint density at radius 1 is 1.12 bits per heavy atom. The fraction of sp³-hybridized carbons (Fsp3) is 0.360. The van der Waals surface area contributed by atoms with Crippen LogP contribution in [0.5, 0.6) is 17.2 Å². The molecule has 2 aromatic carbocycles. The molecule has 1 aliphatic carbocycles. The molecule has 3 aromatic rings. The van der Waals surface area contributed by atoms with Crippen molar-refractivity contribution in [1.29, 1.82) is 0 Å². The topological polar surface area (TPSA) is 92.0 Å². The third-order valence-corrected chi connectivity index (χ3v) is 6.35. The molecule has 178 valence electrons. The van der Waals surface area contributed by atoms with E-state index in [1.807, 2.05) is 12.1 Å². The summed E-state index contributed by atoms with van der Waals surface area (Å²) in [6.07, 6.45) is 6.91. The molecule has 0 N–H and O–H groups in total. The van der Waals surface area contributed by atoms with Crippen molar-refractivity contribution in [3.8, 4) is 17.2 Å². The summed E-state index contributed by atoms with van der Waals surface area (Å²) in [4.78, 5) is 29.8. The Labute approximate surface area is 205 Å². The average Bonchev–Trinajstić information content (AvgIpc) is 2.84. The molecule has 0 atom stereocenters. The van der Waals surface area contributed by atoms with Crippen LogP contribution in [0.25, 0.3) is 10.9 Å². The van der Waals surface area contributed by atoms with Crippen molar-refractivity contribution in [2.75, 3.05) is 14.2 Å². The van der Waals surface area contributed by atoms with Crippen LogP contribution in [0.3, 0.4) is 0 Å². The number of aromatic nitrogens is 2. The van der Waals surface area contributed by atoms with Crippen molar-refractivity contribution in [3.63, 3.8) is 0 Å². The maximum absolute atomic E-state index is 13.5. The van der Waals surface area contributed by atoms with Crippen molar-refractivity contribution >= 4 is 39.0 Å². The molecular formula is C25H26BrN3O5. The SMILES string of the molecule is COc1cc(C=Nn2c(C3CCCCC3)nc3ccc(Br)cc3c2=O)cc(OC)c1OC(C)=O. The van der Waals surface area contributed by atoms with Gasteiger partial charge in [-0.2, -0.15) is 9.78 Å². The number of ether oxygens (including phenoxy) is 3. The van der Waals surface area contributed by atoms with Gasteiger partial charge in [-0.05, 0) is 43.2 Å². The standard InChI is InChI=1S/C25H26BrN3O5/c1-15(30)34-23-21(32-2)11-16(12-22(23)33-3)14-27-29-24(17-7-5-4-6-8-17)28-20-10-9-18(26)13-19(20)25(29)31/h9-14,17H,4-8H2,1-3H3. The minimum absolute atomic E-state index is 0.169. The van der Waals surface area contributed by atoms with E-state index in [1.165, 1.54) is 32.2 Å². The second-order valence-electron chi connectivity index (χ2n) is 8.18. The summed E-state index contributed by atoms with van der Waals surface area (Å²) in [6.45, 7) is 1.30. The normalized spacial score (nSPS) is 14.5.